The van der Waals surface area contributed by atoms with Crippen molar-refractivity contribution in [1.82, 2.24) is 0 Å². The first-order valence-corrected chi connectivity index (χ1v) is 18.8. The van der Waals surface area contributed by atoms with Crippen molar-refractivity contribution in [2.45, 2.75) is 135 Å². The van der Waals surface area contributed by atoms with E-state index in [0.717, 1.165) is 6.92 Å². The van der Waals surface area contributed by atoms with Crippen molar-refractivity contribution in [2.24, 2.45) is 0 Å². The summed E-state index contributed by atoms with van der Waals surface area (Å²) in [6.45, 7) is -3.18. The van der Waals surface area contributed by atoms with Gasteiger partial charge in [0.05, 0.1) is 75.0 Å². The molecule has 0 bridgehead atoms. The zero-order valence-electron chi connectivity index (χ0n) is 39.6. The fourth-order valence-electron chi connectivity index (χ4n) is 3.31. The fourth-order valence-corrected chi connectivity index (χ4v) is 3.31. The molecule has 0 aliphatic heterocycles. The number of aliphatic hydroxyl groups is 26. The Morgan fingerprint density at radius 3 is 0.413 bits per heavy atom. The van der Waals surface area contributed by atoms with Crippen LogP contribution in [0.4, 0.5) is 0 Å². The molecule has 0 aliphatic rings. The SMILES string of the molecule is CC(O)C(=O)[O-].O=C([O-])[C@H](O)[C@@H](O)[C@H](O)[C@H](O)CO.O=C([O-])[C@H](O)[C@@H](O)[C@H](O)[C@H](O)CO.O=C([O-])[C@H](O)[C@@H](O)[C@H](O)[C@H](O)CO.O=C([O-])[C@H](O)[C@@H](O)[C@H](O)[C@H](O)CO.O=C([O-])[C@H](O)[C@@H](O)[C@H](O)[C@H](O)CO.[K+].[K+].[Zn+2].[Zn+2]. The number of aliphatic carboxylic acids is 6. The maximum atomic E-state index is 9.98. The molecule has 21 atom stereocenters. The predicted octanol–water partition coefficient (Wildman–Crippen LogP) is -32.0. The summed E-state index contributed by atoms with van der Waals surface area (Å²) in [4.78, 5) is 59.2. The Hall–Kier alpha value is 0.299. The third-order valence-corrected chi connectivity index (χ3v) is 7.82. The molecule has 0 aliphatic carbocycles. The number of carboxylic acid groups (broad SMARTS) is 6. The second-order valence-corrected chi connectivity index (χ2v) is 13.5. The van der Waals surface area contributed by atoms with E-state index in [4.69, 9.17) is 133 Å². The third-order valence-electron chi connectivity index (χ3n) is 7.82. The number of carboxylic acids is 6. The summed E-state index contributed by atoms with van der Waals surface area (Å²) in [5.41, 5.74) is 0. The maximum absolute atomic E-state index is 9.98. The first-order chi connectivity index (χ1) is 32.2. The fraction of sp³-hybridized carbons (Fsp3) is 0.818. The van der Waals surface area contributed by atoms with E-state index in [9.17, 15) is 59.4 Å². The maximum Gasteiger partial charge on any atom is 2.00 e. The molecule has 0 aromatic heterocycles. The van der Waals surface area contributed by atoms with Crippen LogP contribution in [-0.2, 0) is 67.7 Å². The standard InChI is InChI=1S/5C6H12O7.C3H6O3.2K.2Zn/c5*7-1-2(8)3(9)4(10)5(11)6(12)13;1-2(4)3(5)6;;;;/h5*2-5,7-11H,1H2,(H,12,13);2,4H,1H3,(H,5,6);;;;/q;;;;;;2*+1;2*+2/p-6/t5*2-,3-,4+,5-;;;;;/m11111...../s1. The summed E-state index contributed by atoms with van der Waals surface area (Å²) in [5, 5.41) is 284. The van der Waals surface area contributed by atoms with Gasteiger partial charge in [0.15, 0.2) is 0 Å². The van der Waals surface area contributed by atoms with Gasteiger partial charge in [0.2, 0.25) is 0 Å². The van der Waals surface area contributed by atoms with Gasteiger partial charge in [0.25, 0.3) is 0 Å². The van der Waals surface area contributed by atoms with Crippen LogP contribution < -0.4 is 133 Å². The van der Waals surface area contributed by atoms with Gasteiger partial charge in [0, 0.05) is 0 Å². The molecule has 0 saturated carbocycles. The summed E-state index contributed by atoms with van der Waals surface area (Å²) in [6, 6.07) is 0. The molecule has 0 saturated heterocycles. The summed E-state index contributed by atoms with van der Waals surface area (Å²) >= 11 is 0. The van der Waals surface area contributed by atoms with Gasteiger partial charge in [-0.2, -0.15) is 0 Å². The van der Waals surface area contributed by atoms with Gasteiger partial charge in [0.1, 0.15) is 122 Å². The van der Waals surface area contributed by atoms with Crippen LogP contribution in [0, 0.1) is 0 Å². The largest absolute Gasteiger partial charge is 2.00 e. The Kier molecular flexibility index (Phi) is 69.7. The molecule has 0 amide bonds. The van der Waals surface area contributed by atoms with Gasteiger partial charge in [-0.3, -0.25) is 0 Å². The Morgan fingerprint density at radius 2 is 0.360 bits per heavy atom. The van der Waals surface area contributed by atoms with E-state index in [-0.39, 0.29) is 142 Å². The molecule has 42 heteroatoms. The van der Waals surface area contributed by atoms with Crippen LogP contribution in [0.15, 0.2) is 0 Å². The molecule has 1 unspecified atom stereocenters. The number of carbonyl (C=O) groups excluding carboxylic acids is 6. The quantitative estimate of drug-likeness (QED) is 0.0358. The topological polar surface area (TPSA) is 767 Å². The summed E-state index contributed by atoms with van der Waals surface area (Å²) in [6.07, 6.45) is -41.7. The van der Waals surface area contributed by atoms with E-state index in [0.29, 0.717) is 0 Å². The molecule has 0 fully saturated rings. The Morgan fingerprint density at radius 1 is 0.267 bits per heavy atom. The zero-order valence-corrected chi connectivity index (χ0v) is 51.8. The average Bonchev–Trinajstić information content (AvgIpc) is 3.34. The van der Waals surface area contributed by atoms with E-state index in [1.807, 2.05) is 0 Å². The van der Waals surface area contributed by atoms with Crippen molar-refractivity contribution in [3.8, 4) is 0 Å². The second kappa shape index (κ2) is 53.6. The van der Waals surface area contributed by atoms with Crippen LogP contribution in [0.5, 0.6) is 0 Å². The molecule has 426 valence electrons. The number of rotatable bonds is 26. The van der Waals surface area contributed by atoms with Crippen LogP contribution in [0.2, 0.25) is 0 Å². The average molecular weight is 1270 g/mol. The Balaban J connectivity index is -0.0000000845. The normalized spacial score (nSPS) is 18.8. The van der Waals surface area contributed by atoms with Crippen LogP contribution in [0.1, 0.15) is 6.92 Å². The number of carbonyl (C=O) groups is 6. The van der Waals surface area contributed by atoms with Crippen molar-refractivity contribution >= 4 is 35.8 Å². The minimum absolute atomic E-state index is 0. The van der Waals surface area contributed by atoms with Gasteiger partial charge in [-0.25, -0.2) is 0 Å². The molecule has 26 N–H and O–H groups in total. The summed E-state index contributed by atoms with van der Waals surface area (Å²) < 4.78 is 0. The first kappa shape index (κ1) is 97.5. The van der Waals surface area contributed by atoms with Gasteiger partial charge in [-0.1, -0.05) is 0 Å². The van der Waals surface area contributed by atoms with E-state index < -0.39 is 197 Å². The summed E-state index contributed by atoms with van der Waals surface area (Å²) in [7, 11) is 0. The van der Waals surface area contributed by atoms with Gasteiger partial charge < -0.3 is 192 Å². The number of aliphatic hydroxyl groups excluding tert-OH is 26. The van der Waals surface area contributed by atoms with E-state index >= 15 is 0 Å². The van der Waals surface area contributed by atoms with E-state index in [1.54, 1.807) is 0 Å². The molecule has 0 aromatic rings. The predicted molar refractivity (Wildman–Crippen MR) is 197 cm³/mol. The monoisotopic (exact) mass is 1270 g/mol. The minimum atomic E-state index is -2.31. The van der Waals surface area contributed by atoms with E-state index in [1.165, 1.54) is 0 Å². The smallest absolute Gasteiger partial charge is 0.547 e. The molecular weight excluding hydrogens is 1210 g/mol. The Labute approximate surface area is 531 Å². The van der Waals surface area contributed by atoms with Gasteiger partial charge >= 0.3 is 142 Å². The minimum Gasteiger partial charge on any atom is -0.547 e. The van der Waals surface area contributed by atoms with Crippen molar-refractivity contribution < 1.29 is 334 Å². The molecule has 0 radical (unpaired) electrons. The summed E-state index contributed by atoms with van der Waals surface area (Å²) in [5.74, 6) is -11.3. The van der Waals surface area contributed by atoms with E-state index in [2.05, 4.69) is 0 Å². The van der Waals surface area contributed by atoms with Crippen molar-refractivity contribution in [3.63, 3.8) is 0 Å². The molecule has 0 heterocycles. The van der Waals surface area contributed by atoms with Crippen LogP contribution in [0.25, 0.3) is 0 Å². The van der Waals surface area contributed by atoms with Gasteiger partial charge in [-0.05, 0) is 6.92 Å². The molecular formula is C33H60K2O38Zn2. The number of hydrogen-bond acceptors (Lipinski definition) is 38. The molecule has 38 nitrogen and oxygen atoms in total. The van der Waals surface area contributed by atoms with Crippen molar-refractivity contribution in [3.05, 3.63) is 0 Å². The third kappa shape index (κ3) is 43.7. The molecule has 0 aromatic carbocycles. The second-order valence-electron chi connectivity index (χ2n) is 13.5. The van der Waals surface area contributed by atoms with Crippen LogP contribution >= 0.6 is 0 Å². The number of hydrogen-bond donors (Lipinski definition) is 26. The van der Waals surface area contributed by atoms with Gasteiger partial charge in [-0.15, -0.1) is 0 Å². The molecule has 0 rings (SSSR count). The van der Waals surface area contributed by atoms with Crippen molar-refractivity contribution in [2.75, 3.05) is 33.0 Å². The zero-order chi connectivity index (χ0) is 58.1. The van der Waals surface area contributed by atoms with Crippen LogP contribution in [-0.4, -0.2) is 330 Å². The molecule has 75 heavy (non-hydrogen) atoms. The first-order valence-electron chi connectivity index (χ1n) is 18.8. The Bertz CT molecular complexity index is 1240. The van der Waals surface area contributed by atoms with Crippen molar-refractivity contribution in [1.29, 1.82) is 0 Å². The molecule has 0 spiro atoms. The van der Waals surface area contributed by atoms with Crippen LogP contribution in [0.3, 0.4) is 0 Å².